The van der Waals surface area contributed by atoms with E-state index in [0.29, 0.717) is 23.2 Å². The molecule has 3 fully saturated rings. The predicted molar refractivity (Wildman–Crippen MR) is 159 cm³/mol. The average Bonchev–Trinajstić information content (AvgIpc) is 3.64. The number of thiol groups is 1. The van der Waals surface area contributed by atoms with Gasteiger partial charge in [0, 0.05) is 18.4 Å². The zero-order valence-electron chi connectivity index (χ0n) is 22.1. The number of hydrogen-bond donors (Lipinski definition) is 6. The summed E-state index contributed by atoms with van der Waals surface area (Å²) in [7, 11) is -3.65. The number of nitrogens with two attached hydrogens (primary N) is 2. The molecule has 4 aromatic heterocycles. The van der Waals surface area contributed by atoms with E-state index in [4.69, 9.17) is 46.1 Å². The summed E-state index contributed by atoms with van der Waals surface area (Å²) in [5.74, 6) is -0.265. The van der Waals surface area contributed by atoms with Gasteiger partial charge < -0.3 is 34.7 Å². The molecule has 0 radical (unpaired) electrons. The maximum Gasteiger partial charge on any atom is 0.475 e. The smallest absolute Gasteiger partial charge is 0.382 e. The number of aromatic nitrogens is 8. The molecule has 6 heterocycles. The fourth-order valence-electron chi connectivity index (χ4n) is 5.72. The number of aromatic amines is 1. The molecule has 1 saturated carbocycles. The van der Waals surface area contributed by atoms with Crippen molar-refractivity contribution in [2.45, 2.75) is 37.3 Å². The molecule has 7 rings (SSSR count). The maximum atomic E-state index is 12.3. The highest BCUT2D eigenvalue weighted by Crippen LogP contribution is 2.65. The molecule has 7 N–H and O–H groups in total. The van der Waals surface area contributed by atoms with Crippen LogP contribution in [0.2, 0.25) is 0 Å². The second kappa shape index (κ2) is 10.9. The molecule has 0 amide bonds. The van der Waals surface area contributed by atoms with Crippen LogP contribution in [0, 0.1) is 11.8 Å². The highest BCUT2D eigenvalue weighted by molar-refractivity contribution is 8.47. The van der Waals surface area contributed by atoms with Crippen LogP contribution in [0.5, 0.6) is 0 Å². The van der Waals surface area contributed by atoms with Crippen molar-refractivity contribution in [2.75, 3.05) is 31.3 Å². The first-order valence-electron chi connectivity index (χ1n) is 13.1. The van der Waals surface area contributed by atoms with Crippen molar-refractivity contribution in [3.8, 4) is 0 Å². The van der Waals surface area contributed by atoms with Crippen molar-refractivity contribution in [3.05, 3.63) is 29.3 Å². The fraction of sp³-hybridized carbons (Fsp3) is 0.524. The highest BCUT2D eigenvalue weighted by atomic mass is 32.7. The lowest BCUT2D eigenvalue weighted by Crippen LogP contribution is -2.43. The van der Waals surface area contributed by atoms with Gasteiger partial charge >= 0.3 is 13.9 Å². The Morgan fingerprint density at radius 2 is 1.81 bits per heavy atom. The number of nitrogen functional groups attached to an aromatic ring is 2. The number of nitrogens with zero attached hydrogens (tertiary/aromatic N) is 7. The summed E-state index contributed by atoms with van der Waals surface area (Å²) in [6.07, 6.45) is 2.95. The Balaban J connectivity index is 1.12. The van der Waals surface area contributed by atoms with E-state index in [1.807, 2.05) is 0 Å². The van der Waals surface area contributed by atoms with Crippen molar-refractivity contribution in [1.82, 2.24) is 39.0 Å². The van der Waals surface area contributed by atoms with Crippen LogP contribution in [0.15, 0.2) is 23.8 Å². The molecule has 4 aromatic rings. The minimum atomic E-state index is -3.74. The lowest BCUT2D eigenvalue weighted by atomic mass is 9.70. The molecule has 0 bridgehead atoms. The first kappa shape index (κ1) is 29.4. The van der Waals surface area contributed by atoms with Gasteiger partial charge in [0.2, 0.25) is 5.95 Å². The van der Waals surface area contributed by atoms with E-state index in [9.17, 15) is 14.6 Å². The Morgan fingerprint density at radius 3 is 2.65 bits per heavy atom. The summed E-state index contributed by atoms with van der Waals surface area (Å²) in [4.78, 5) is 57.6. The average molecular weight is 674 g/mol. The molecule has 230 valence electrons. The van der Waals surface area contributed by atoms with Crippen LogP contribution in [0.4, 0.5) is 11.8 Å². The minimum Gasteiger partial charge on any atom is -0.382 e. The van der Waals surface area contributed by atoms with Crippen LogP contribution in [0.1, 0.15) is 25.1 Å². The van der Waals surface area contributed by atoms with Crippen LogP contribution in [0.3, 0.4) is 0 Å². The van der Waals surface area contributed by atoms with E-state index in [1.165, 1.54) is 19.0 Å². The van der Waals surface area contributed by atoms with Gasteiger partial charge in [-0.2, -0.15) is 18.9 Å². The van der Waals surface area contributed by atoms with E-state index in [0.717, 1.165) is 0 Å². The molecule has 0 aromatic carbocycles. The number of nitrogens with one attached hydrogen (secondary N) is 1. The standard InChI is InChI=1S/C21H26N10O8P2S2/c22-17-15-18(25-6-24-17)31(8-26-15)14-2-12-13(38-14)5-37-40(33,42)36-4-10-9(3-35-41(34,43)39-12)1-11(10)30-7-27-16-19(30)28-21(23)29-20(16)32/h6-14,34,43H,1-5H2,(H5-,22,23,24,25,28,29,32,33,42)/p+1/t9-,10-,11-,12+,13-,14-,40?,41?/m1/s1. The number of hydrogen-bond acceptors (Lipinski definition) is 16. The third kappa shape index (κ3) is 5.55. The molecule has 22 heteroatoms. The Morgan fingerprint density at radius 1 is 1.05 bits per heavy atom. The quantitative estimate of drug-likeness (QED) is 0.128. The number of ether oxygens (including phenoxy) is 1. The summed E-state index contributed by atoms with van der Waals surface area (Å²) >= 11 is 9.66. The maximum absolute atomic E-state index is 12.3. The Bertz CT molecular complexity index is 1800. The van der Waals surface area contributed by atoms with Crippen LogP contribution in [-0.2, 0) is 34.6 Å². The van der Waals surface area contributed by atoms with Crippen molar-refractivity contribution < 1.29 is 32.6 Å². The van der Waals surface area contributed by atoms with Crippen LogP contribution in [0.25, 0.3) is 22.3 Å². The highest BCUT2D eigenvalue weighted by Gasteiger charge is 2.52. The van der Waals surface area contributed by atoms with Gasteiger partial charge in [0.15, 0.2) is 22.6 Å². The number of H-pyrrole nitrogens is 1. The van der Waals surface area contributed by atoms with Crippen LogP contribution in [-0.4, -0.2) is 80.9 Å². The van der Waals surface area contributed by atoms with Crippen molar-refractivity contribution in [3.63, 3.8) is 0 Å². The van der Waals surface area contributed by atoms with Crippen molar-refractivity contribution >= 4 is 72.0 Å². The second-order valence-electron chi connectivity index (χ2n) is 10.4. The number of fused-ring (bicyclic) bond motifs is 4. The predicted octanol–water partition coefficient (Wildman–Crippen LogP) is 0.854. The van der Waals surface area contributed by atoms with Gasteiger partial charge in [0.25, 0.3) is 5.56 Å². The molecular formula is C21H27N10O8P2S2+. The van der Waals surface area contributed by atoms with Crippen LogP contribution < -0.4 is 17.0 Å². The molecule has 0 spiro atoms. The van der Waals surface area contributed by atoms with Gasteiger partial charge in [-0.25, -0.2) is 19.9 Å². The monoisotopic (exact) mass is 673 g/mol. The molecule has 8 atom stereocenters. The lowest BCUT2D eigenvalue weighted by molar-refractivity contribution is -0.0391. The van der Waals surface area contributed by atoms with Gasteiger partial charge in [-0.15, -0.1) is 0 Å². The molecule has 2 saturated heterocycles. The van der Waals surface area contributed by atoms with Crippen molar-refractivity contribution in [1.29, 1.82) is 0 Å². The fourth-order valence-corrected chi connectivity index (χ4v) is 8.44. The summed E-state index contributed by atoms with van der Waals surface area (Å²) in [6, 6.07) is -0.244. The second-order valence-corrected chi connectivity index (χ2v) is 16.2. The molecule has 3 aliphatic rings. The van der Waals surface area contributed by atoms with Gasteiger partial charge in [-0.3, -0.25) is 14.3 Å². The Hall–Kier alpha value is -2.35. The van der Waals surface area contributed by atoms with Crippen LogP contribution >= 0.6 is 26.1 Å². The summed E-state index contributed by atoms with van der Waals surface area (Å²) < 4.78 is 32.9. The van der Waals surface area contributed by atoms with E-state index in [2.05, 4.69) is 42.2 Å². The summed E-state index contributed by atoms with van der Waals surface area (Å²) in [5.41, 5.74) is 12.5. The number of anilines is 2. The Kier molecular flexibility index (Phi) is 7.46. The molecular weight excluding hydrogens is 646 g/mol. The van der Waals surface area contributed by atoms with Crippen molar-refractivity contribution in [2.24, 2.45) is 11.8 Å². The van der Waals surface area contributed by atoms with E-state index < -0.39 is 37.9 Å². The molecule has 18 nitrogen and oxygen atoms in total. The van der Waals surface area contributed by atoms with E-state index >= 15 is 0 Å². The number of imidazole rings is 2. The Labute approximate surface area is 253 Å². The lowest BCUT2D eigenvalue weighted by Gasteiger charge is -2.44. The molecule has 2 aliphatic heterocycles. The molecule has 2 unspecified atom stereocenters. The topological polar surface area (TPSA) is 246 Å². The SMILES string of the molecule is Nc1nc2c(ncn2[C@@H]2C[C@@H]3CO[P+](O)(S)O[C@H]4C[C@H](n5cnc6c(N)ncnc65)O[C@@H]4COP(O)(=S)OC[C@H]32)c(=O)[nH]1. The third-order valence-corrected chi connectivity index (χ3v) is 11.1. The third-order valence-electron chi connectivity index (χ3n) is 7.89. The number of rotatable bonds is 2. The first-order valence-corrected chi connectivity index (χ1v) is 18.4. The molecule has 43 heavy (non-hydrogen) atoms. The first-order chi connectivity index (χ1) is 20.5. The van der Waals surface area contributed by atoms with Gasteiger partial charge in [-0.05, 0) is 24.1 Å². The largest absolute Gasteiger partial charge is 0.475 e. The van der Waals surface area contributed by atoms with Gasteiger partial charge in [0.1, 0.15) is 36.9 Å². The summed E-state index contributed by atoms with van der Waals surface area (Å²) in [5, 5.41) is 0. The zero-order valence-corrected chi connectivity index (χ0v) is 25.6. The summed E-state index contributed by atoms with van der Waals surface area (Å²) in [6.45, 7) is -3.89. The van der Waals surface area contributed by atoms with Gasteiger partial charge in [0.05, 0.1) is 38.1 Å². The normalized spacial score (nSPS) is 35.4. The minimum absolute atomic E-state index is 0.00511. The van der Waals surface area contributed by atoms with E-state index in [1.54, 1.807) is 9.13 Å². The molecule has 1 aliphatic carbocycles. The van der Waals surface area contributed by atoms with Gasteiger partial charge in [-0.1, -0.05) is 0 Å². The zero-order chi connectivity index (χ0) is 30.1. The van der Waals surface area contributed by atoms with E-state index in [-0.39, 0.29) is 61.4 Å².